The Balaban J connectivity index is 1.52. The molecular weight excluding hydrogens is 414 g/mol. The molecule has 2 amide bonds. The molecule has 2 fully saturated rings. The molecule has 0 radical (unpaired) electrons. The van der Waals surface area contributed by atoms with Crippen LogP contribution in [-0.2, 0) is 4.79 Å². The van der Waals surface area contributed by atoms with Crippen LogP contribution in [-0.4, -0.2) is 35.4 Å². The van der Waals surface area contributed by atoms with E-state index in [0.29, 0.717) is 23.5 Å². The Morgan fingerprint density at radius 1 is 1.06 bits per heavy atom. The van der Waals surface area contributed by atoms with Gasteiger partial charge < -0.3 is 15.0 Å². The van der Waals surface area contributed by atoms with E-state index in [4.69, 9.17) is 0 Å². The Hall–Kier alpha value is -2.96. The second-order valence-electron chi connectivity index (χ2n) is 8.62. The predicted octanol–water partition coefficient (Wildman–Crippen LogP) is 4.94. The van der Waals surface area contributed by atoms with E-state index in [-0.39, 0.29) is 23.6 Å². The van der Waals surface area contributed by atoms with Crippen molar-refractivity contribution in [2.45, 2.75) is 63.8 Å². The van der Waals surface area contributed by atoms with Crippen LogP contribution in [0.15, 0.2) is 54.6 Å². The maximum Gasteiger partial charge on any atom is 0.387 e. The Bertz CT molecular complexity index is 953. The van der Waals surface area contributed by atoms with Crippen molar-refractivity contribution in [1.82, 2.24) is 10.2 Å². The SMILES string of the molecule is CC(NC(=O)C1CC2CCCCC2N1C(=O)c1ccccc1)c1cccc(OC(F)F)c1. The molecule has 1 saturated heterocycles. The summed E-state index contributed by atoms with van der Waals surface area (Å²) in [4.78, 5) is 28.5. The van der Waals surface area contributed by atoms with E-state index in [9.17, 15) is 18.4 Å². The van der Waals surface area contributed by atoms with Crippen LogP contribution in [0.4, 0.5) is 8.78 Å². The smallest absolute Gasteiger partial charge is 0.387 e. The summed E-state index contributed by atoms with van der Waals surface area (Å²) >= 11 is 0. The molecule has 1 aliphatic carbocycles. The van der Waals surface area contributed by atoms with Crippen molar-refractivity contribution in [3.05, 3.63) is 65.7 Å². The van der Waals surface area contributed by atoms with Gasteiger partial charge in [0, 0.05) is 11.6 Å². The monoisotopic (exact) mass is 442 g/mol. The van der Waals surface area contributed by atoms with Crippen LogP contribution in [0.1, 0.15) is 61.0 Å². The van der Waals surface area contributed by atoms with Crippen LogP contribution in [0, 0.1) is 5.92 Å². The summed E-state index contributed by atoms with van der Waals surface area (Å²) in [6.45, 7) is -1.11. The Labute approximate surface area is 186 Å². The maximum absolute atomic E-state index is 13.4. The van der Waals surface area contributed by atoms with Gasteiger partial charge in [0.15, 0.2) is 0 Å². The van der Waals surface area contributed by atoms with Gasteiger partial charge in [-0.15, -0.1) is 0 Å². The number of hydrogen-bond donors (Lipinski definition) is 1. The summed E-state index contributed by atoms with van der Waals surface area (Å²) in [5.74, 6) is 0.0492. The van der Waals surface area contributed by atoms with Crippen molar-refractivity contribution in [3.8, 4) is 5.75 Å². The van der Waals surface area contributed by atoms with Crippen molar-refractivity contribution < 1.29 is 23.1 Å². The molecule has 4 atom stereocenters. The second-order valence-corrected chi connectivity index (χ2v) is 8.62. The number of likely N-dealkylation sites (tertiary alicyclic amines) is 1. The Kier molecular flexibility index (Phi) is 6.72. The molecule has 32 heavy (non-hydrogen) atoms. The number of rotatable bonds is 6. The van der Waals surface area contributed by atoms with Gasteiger partial charge in [0.05, 0.1) is 6.04 Å². The molecule has 1 saturated carbocycles. The van der Waals surface area contributed by atoms with Gasteiger partial charge in [0.25, 0.3) is 5.91 Å². The minimum absolute atomic E-state index is 0.0476. The lowest BCUT2D eigenvalue weighted by molar-refractivity contribution is -0.125. The van der Waals surface area contributed by atoms with Gasteiger partial charge in [-0.05, 0) is 61.9 Å². The highest BCUT2D eigenvalue weighted by atomic mass is 19.3. The summed E-state index contributed by atoms with van der Waals surface area (Å²) in [6.07, 6.45) is 4.76. The summed E-state index contributed by atoms with van der Waals surface area (Å²) < 4.78 is 29.6. The van der Waals surface area contributed by atoms with Crippen LogP contribution < -0.4 is 10.1 Å². The van der Waals surface area contributed by atoms with Crippen LogP contribution >= 0.6 is 0 Å². The van der Waals surface area contributed by atoms with Crippen LogP contribution in [0.25, 0.3) is 0 Å². The maximum atomic E-state index is 13.4. The molecular formula is C25H28F2N2O3. The van der Waals surface area contributed by atoms with E-state index >= 15 is 0 Å². The van der Waals surface area contributed by atoms with Crippen molar-refractivity contribution in [2.75, 3.05) is 0 Å². The molecule has 1 aliphatic heterocycles. The Morgan fingerprint density at radius 3 is 2.56 bits per heavy atom. The molecule has 1 N–H and O–H groups in total. The minimum atomic E-state index is -2.91. The summed E-state index contributed by atoms with van der Waals surface area (Å²) in [5.41, 5.74) is 1.24. The third kappa shape index (κ3) is 4.76. The molecule has 2 aromatic rings. The number of nitrogens with zero attached hydrogens (tertiary/aromatic N) is 1. The van der Waals surface area contributed by atoms with E-state index in [1.807, 2.05) is 18.2 Å². The fourth-order valence-corrected chi connectivity index (χ4v) is 5.07. The first-order valence-electron chi connectivity index (χ1n) is 11.2. The topological polar surface area (TPSA) is 58.6 Å². The molecule has 0 spiro atoms. The predicted molar refractivity (Wildman–Crippen MR) is 116 cm³/mol. The van der Waals surface area contributed by atoms with Crippen LogP contribution in [0.2, 0.25) is 0 Å². The van der Waals surface area contributed by atoms with Gasteiger partial charge in [-0.2, -0.15) is 8.78 Å². The van der Waals surface area contributed by atoms with E-state index in [2.05, 4.69) is 10.1 Å². The first-order chi connectivity index (χ1) is 15.4. The van der Waals surface area contributed by atoms with Crippen molar-refractivity contribution in [3.63, 3.8) is 0 Å². The summed E-state index contributed by atoms with van der Waals surface area (Å²) in [7, 11) is 0. The fourth-order valence-electron chi connectivity index (χ4n) is 5.07. The summed E-state index contributed by atoms with van der Waals surface area (Å²) in [5, 5.41) is 2.99. The van der Waals surface area contributed by atoms with Gasteiger partial charge in [-0.1, -0.05) is 43.2 Å². The quantitative estimate of drug-likeness (QED) is 0.690. The highest BCUT2D eigenvalue weighted by molar-refractivity contribution is 5.98. The first-order valence-corrected chi connectivity index (χ1v) is 11.2. The van der Waals surface area contributed by atoms with Gasteiger partial charge in [-0.25, -0.2) is 0 Å². The van der Waals surface area contributed by atoms with E-state index in [0.717, 1.165) is 25.7 Å². The number of halogens is 2. The lowest BCUT2D eigenvalue weighted by Crippen LogP contribution is -2.50. The average molecular weight is 443 g/mol. The van der Waals surface area contributed by atoms with Gasteiger partial charge in [-0.3, -0.25) is 9.59 Å². The van der Waals surface area contributed by atoms with Gasteiger partial charge >= 0.3 is 6.61 Å². The van der Waals surface area contributed by atoms with Crippen LogP contribution in [0.3, 0.4) is 0 Å². The molecule has 0 aromatic heterocycles. The Morgan fingerprint density at radius 2 is 1.81 bits per heavy atom. The highest BCUT2D eigenvalue weighted by Crippen LogP contribution is 2.40. The second kappa shape index (κ2) is 9.67. The number of benzene rings is 2. The molecule has 7 heteroatoms. The number of carbonyl (C=O) groups is 2. The third-order valence-corrected chi connectivity index (χ3v) is 6.59. The molecule has 170 valence electrons. The van der Waals surface area contributed by atoms with Gasteiger partial charge in [0.1, 0.15) is 11.8 Å². The number of carbonyl (C=O) groups excluding carboxylic acids is 2. The number of ether oxygens (including phenoxy) is 1. The minimum Gasteiger partial charge on any atom is -0.435 e. The van der Waals surface area contributed by atoms with Crippen molar-refractivity contribution in [2.24, 2.45) is 5.92 Å². The molecule has 5 nitrogen and oxygen atoms in total. The molecule has 4 rings (SSSR count). The standard InChI is InChI=1S/C25H28F2N2O3/c1-16(18-11-7-12-20(14-18)32-25(26)27)28-23(30)22-15-19-10-5-6-13-21(19)29(22)24(31)17-8-3-2-4-9-17/h2-4,7-9,11-12,14,16,19,21-22,25H,5-6,10,13,15H2,1H3,(H,28,30). The largest absolute Gasteiger partial charge is 0.435 e. The average Bonchev–Trinajstić information content (AvgIpc) is 3.18. The van der Waals surface area contributed by atoms with E-state index in [1.54, 1.807) is 36.1 Å². The zero-order valence-electron chi connectivity index (χ0n) is 18.0. The molecule has 0 bridgehead atoms. The van der Waals surface area contributed by atoms with Gasteiger partial charge in [0.2, 0.25) is 5.91 Å². The lowest BCUT2D eigenvalue weighted by atomic mass is 9.84. The third-order valence-electron chi connectivity index (χ3n) is 6.59. The van der Waals surface area contributed by atoms with Crippen molar-refractivity contribution >= 4 is 11.8 Å². The van der Waals surface area contributed by atoms with E-state index in [1.165, 1.54) is 12.1 Å². The molecule has 4 unspecified atom stereocenters. The summed E-state index contributed by atoms with van der Waals surface area (Å²) in [6, 6.07) is 14.5. The number of hydrogen-bond acceptors (Lipinski definition) is 3. The normalized spacial score (nSPS) is 23.5. The lowest BCUT2D eigenvalue weighted by Gasteiger charge is -2.34. The molecule has 2 aliphatic rings. The highest BCUT2D eigenvalue weighted by Gasteiger charge is 2.47. The zero-order chi connectivity index (χ0) is 22.7. The number of fused-ring (bicyclic) bond motifs is 1. The number of nitrogens with one attached hydrogen (secondary N) is 1. The molecule has 2 aromatic carbocycles. The van der Waals surface area contributed by atoms with Crippen LogP contribution in [0.5, 0.6) is 5.75 Å². The molecule has 1 heterocycles. The fraction of sp³-hybridized carbons (Fsp3) is 0.440. The number of alkyl halides is 2. The zero-order valence-corrected chi connectivity index (χ0v) is 18.0. The van der Waals surface area contributed by atoms with Crippen molar-refractivity contribution in [1.29, 1.82) is 0 Å². The number of amides is 2. The van der Waals surface area contributed by atoms with E-state index < -0.39 is 18.7 Å². The first kappa shape index (κ1) is 22.2.